The standard InChI is InChI=1S/C4H4N2O2.C4H5N/c7-6(8)4-1-2-5-3-4;1-2-4-5-3-1/h1-3,5H;1-5H. The molecule has 5 heteroatoms. The van der Waals surface area contributed by atoms with Gasteiger partial charge in [0.25, 0.3) is 5.69 Å². The second-order valence-corrected chi connectivity index (χ2v) is 2.21. The van der Waals surface area contributed by atoms with E-state index in [4.69, 9.17) is 0 Å². The van der Waals surface area contributed by atoms with E-state index in [0.717, 1.165) is 0 Å². The predicted molar refractivity (Wildman–Crippen MR) is 48.2 cm³/mol. The number of H-pyrrole nitrogens is 2. The molecule has 0 saturated carbocycles. The average molecular weight is 179 g/mol. The lowest BCUT2D eigenvalue weighted by Gasteiger charge is -1.77. The van der Waals surface area contributed by atoms with Crippen LogP contribution in [0, 0.1) is 10.1 Å². The molecule has 13 heavy (non-hydrogen) atoms. The van der Waals surface area contributed by atoms with Crippen LogP contribution in [0.1, 0.15) is 0 Å². The quantitative estimate of drug-likeness (QED) is 0.518. The maximum absolute atomic E-state index is 9.85. The Kier molecular flexibility index (Phi) is 3.31. The Morgan fingerprint density at radius 1 is 1.15 bits per heavy atom. The third-order valence-electron chi connectivity index (χ3n) is 1.29. The highest BCUT2D eigenvalue weighted by Gasteiger charge is 2.00. The molecule has 2 aromatic heterocycles. The lowest BCUT2D eigenvalue weighted by atomic mass is 10.6. The molecule has 68 valence electrons. The summed E-state index contributed by atoms with van der Waals surface area (Å²) < 4.78 is 0. The SMILES string of the molecule is O=[N+]([O-])c1cc[nH]c1.c1cc[nH]c1. The first-order chi connectivity index (χ1) is 6.30. The normalized spacial score (nSPS) is 8.62. The van der Waals surface area contributed by atoms with Gasteiger partial charge < -0.3 is 9.97 Å². The van der Waals surface area contributed by atoms with Crippen molar-refractivity contribution in [2.24, 2.45) is 0 Å². The Morgan fingerprint density at radius 2 is 1.85 bits per heavy atom. The molecule has 5 nitrogen and oxygen atoms in total. The van der Waals surface area contributed by atoms with Crippen molar-refractivity contribution in [3.05, 3.63) is 53.1 Å². The zero-order valence-corrected chi connectivity index (χ0v) is 6.81. The summed E-state index contributed by atoms with van der Waals surface area (Å²) in [6.45, 7) is 0. The lowest BCUT2D eigenvalue weighted by Crippen LogP contribution is -1.82. The molecular weight excluding hydrogens is 170 g/mol. The topological polar surface area (TPSA) is 74.7 Å². The van der Waals surface area contributed by atoms with Gasteiger partial charge in [-0.3, -0.25) is 10.1 Å². The van der Waals surface area contributed by atoms with Crippen molar-refractivity contribution in [1.82, 2.24) is 9.97 Å². The fraction of sp³-hybridized carbons (Fsp3) is 0. The van der Waals surface area contributed by atoms with Gasteiger partial charge in [-0.2, -0.15) is 0 Å². The van der Waals surface area contributed by atoms with Crippen LogP contribution in [0.25, 0.3) is 0 Å². The molecule has 2 N–H and O–H groups in total. The molecule has 0 radical (unpaired) electrons. The van der Waals surface area contributed by atoms with Crippen LogP contribution >= 0.6 is 0 Å². The molecule has 2 heterocycles. The van der Waals surface area contributed by atoms with Crippen LogP contribution in [0.4, 0.5) is 5.69 Å². The molecule has 0 atom stereocenters. The number of rotatable bonds is 1. The number of nitrogens with one attached hydrogen (secondary N) is 2. The number of nitro groups is 1. The molecule has 0 bridgehead atoms. The van der Waals surface area contributed by atoms with E-state index in [1.165, 1.54) is 18.5 Å². The van der Waals surface area contributed by atoms with Gasteiger partial charge in [-0.15, -0.1) is 0 Å². The van der Waals surface area contributed by atoms with Crippen LogP contribution in [0.2, 0.25) is 0 Å². The summed E-state index contributed by atoms with van der Waals surface area (Å²) in [5.74, 6) is 0. The van der Waals surface area contributed by atoms with Gasteiger partial charge in [-0.05, 0) is 12.1 Å². The van der Waals surface area contributed by atoms with Crippen molar-refractivity contribution in [1.29, 1.82) is 0 Å². The number of aromatic amines is 2. The van der Waals surface area contributed by atoms with Gasteiger partial charge in [-0.25, -0.2) is 0 Å². The summed E-state index contributed by atoms with van der Waals surface area (Å²) in [7, 11) is 0. The molecule has 0 aliphatic heterocycles. The average Bonchev–Trinajstić information content (AvgIpc) is 2.82. The number of nitrogens with zero attached hydrogens (tertiary/aromatic N) is 1. The van der Waals surface area contributed by atoms with Crippen molar-refractivity contribution in [2.75, 3.05) is 0 Å². The minimum atomic E-state index is -0.448. The van der Waals surface area contributed by atoms with Gasteiger partial charge in [0.15, 0.2) is 0 Å². The second kappa shape index (κ2) is 4.76. The highest BCUT2D eigenvalue weighted by atomic mass is 16.6. The summed E-state index contributed by atoms with van der Waals surface area (Å²) in [5, 5.41) is 9.85. The highest BCUT2D eigenvalue weighted by Crippen LogP contribution is 2.05. The monoisotopic (exact) mass is 179 g/mol. The first-order valence-electron chi connectivity index (χ1n) is 3.65. The molecular formula is C8H9N3O2. The Hall–Kier alpha value is -2.04. The summed E-state index contributed by atoms with van der Waals surface area (Å²) in [5.41, 5.74) is 0.102. The van der Waals surface area contributed by atoms with Crippen LogP contribution in [0.15, 0.2) is 43.0 Å². The van der Waals surface area contributed by atoms with E-state index in [2.05, 4.69) is 9.97 Å². The van der Waals surface area contributed by atoms with Crippen LogP contribution in [-0.2, 0) is 0 Å². The molecule has 0 unspecified atom stereocenters. The first-order valence-corrected chi connectivity index (χ1v) is 3.65. The van der Waals surface area contributed by atoms with Crippen LogP contribution in [0.3, 0.4) is 0 Å². The van der Waals surface area contributed by atoms with Gasteiger partial charge in [0.1, 0.15) is 0 Å². The number of hydrogen-bond acceptors (Lipinski definition) is 2. The molecule has 0 spiro atoms. The minimum absolute atomic E-state index is 0.102. The third kappa shape index (κ3) is 3.24. The zero-order valence-electron chi connectivity index (χ0n) is 6.81. The fourth-order valence-corrected chi connectivity index (χ4v) is 0.706. The molecule has 0 aromatic carbocycles. The van der Waals surface area contributed by atoms with E-state index in [-0.39, 0.29) is 5.69 Å². The van der Waals surface area contributed by atoms with Crippen LogP contribution in [-0.4, -0.2) is 14.9 Å². The zero-order chi connectivity index (χ0) is 9.52. The fourth-order valence-electron chi connectivity index (χ4n) is 0.706. The van der Waals surface area contributed by atoms with Crippen molar-refractivity contribution in [2.45, 2.75) is 0 Å². The minimum Gasteiger partial charge on any atom is -0.368 e. The molecule has 0 amide bonds. The Balaban J connectivity index is 0.000000145. The van der Waals surface area contributed by atoms with E-state index in [0.29, 0.717) is 0 Å². The summed E-state index contributed by atoms with van der Waals surface area (Å²) >= 11 is 0. The van der Waals surface area contributed by atoms with Gasteiger partial charge in [-0.1, -0.05) is 0 Å². The van der Waals surface area contributed by atoms with Gasteiger partial charge in [0.2, 0.25) is 0 Å². The molecule has 0 aliphatic carbocycles. The molecule has 2 rings (SSSR count). The second-order valence-electron chi connectivity index (χ2n) is 2.21. The van der Waals surface area contributed by atoms with Crippen molar-refractivity contribution in [3.8, 4) is 0 Å². The van der Waals surface area contributed by atoms with Crippen molar-refractivity contribution >= 4 is 5.69 Å². The Bertz CT molecular complexity index is 309. The Labute approximate surface area is 74.6 Å². The van der Waals surface area contributed by atoms with E-state index in [9.17, 15) is 10.1 Å². The summed E-state index contributed by atoms with van der Waals surface area (Å²) in [6.07, 6.45) is 6.60. The predicted octanol–water partition coefficient (Wildman–Crippen LogP) is 1.94. The maximum atomic E-state index is 9.85. The van der Waals surface area contributed by atoms with Crippen molar-refractivity contribution < 1.29 is 4.92 Å². The summed E-state index contributed by atoms with van der Waals surface area (Å²) in [6, 6.07) is 5.29. The first kappa shape index (κ1) is 9.05. The third-order valence-corrected chi connectivity index (χ3v) is 1.29. The molecule has 0 saturated heterocycles. The highest BCUT2D eigenvalue weighted by molar-refractivity contribution is 5.23. The van der Waals surface area contributed by atoms with Crippen LogP contribution in [0.5, 0.6) is 0 Å². The lowest BCUT2D eigenvalue weighted by molar-refractivity contribution is -0.384. The van der Waals surface area contributed by atoms with Gasteiger partial charge in [0, 0.05) is 24.7 Å². The van der Waals surface area contributed by atoms with E-state index >= 15 is 0 Å². The summed E-state index contributed by atoms with van der Waals surface area (Å²) in [4.78, 5) is 14.8. The van der Waals surface area contributed by atoms with Crippen LogP contribution < -0.4 is 0 Å². The van der Waals surface area contributed by atoms with E-state index < -0.39 is 4.92 Å². The maximum Gasteiger partial charge on any atom is 0.286 e. The molecule has 2 aromatic rings. The van der Waals surface area contributed by atoms with E-state index in [1.54, 1.807) is 0 Å². The number of aromatic nitrogens is 2. The van der Waals surface area contributed by atoms with Gasteiger partial charge >= 0.3 is 0 Å². The Morgan fingerprint density at radius 3 is 2.08 bits per heavy atom. The van der Waals surface area contributed by atoms with E-state index in [1.807, 2.05) is 24.5 Å². The molecule has 0 aliphatic rings. The van der Waals surface area contributed by atoms with Gasteiger partial charge in [0.05, 0.1) is 11.1 Å². The van der Waals surface area contributed by atoms with Crippen molar-refractivity contribution in [3.63, 3.8) is 0 Å². The smallest absolute Gasteiger partial charge is 0.286 e. The largest absolute Gasteiger partial charge is 0.368 e. The number of hydrogen-bond donors (Lipinski definition) is 2. The molecule has 0 fully saturated rings.